The molecule has 0 spiro atoms. The molecule has 6 heteroatoms. The molecular formula is C23H23N3O2S. The number of amides is 2. The van der Waals surface area contributed by atoms with E-state index in [0.29, 0.717) is 5.69 Å². The Morgan fingerprint density at radius 2 is 1.69 bits per heavy atom. The maximum atomic E-state index is 12.9. The number of nitrogens with zero attached hydrogens (tertiary/aromatic N) is 2. The van der Waals surface area contributed by atoms with Crippen LogP contribution >= 0.6 is 12.2 Å². The fourth-order valence-corrected chi connectivity index (χ4v) is 3.21. The number of rotatable bonds is 5. The molecule has 0 bridgehead atoms. The molecule has 0 aliphatic carbocycles. The summed E-state index contributed by atoms with van der Waals surface area (Å²) in [4.78, 5) is 28.6. The molecule has 1 fully saturated rings. The van der Waals surface area contributed by atoms with Gasteiger partial charge in [0.25, 0.3) is 11.8 Å². The molecule has 148 valence electrons. The van der Waals surface area contributed by atoms with Gasteiger partial charge >= 0.3 is 0 Å². The van der Waals surface area contributed by atoms with Crippen LogP contribution < -0.4 is 15.1 Å². The molecule has 1 N–H and O–H groups in total. The Balaban J connectivity index is 1.82. The number of thiocarbonyl (C=S) groups is 1. The monoisotopic (exact) mass is 405 g/mol. The van der Waals surface area contributed by atoms with Gasteiger partial charge in [0.15, 0.2) is 5.11 Å². The Kier molecular flexibility index (Phi) is 6.24. The topological polar surface area (TPSA) is 52.7 Å². The van der Waals surface area contributed by atoms with Gasteiger partial charge in [-0.25, -0.2) is 0 Å². The molecule has 2 aromatic rings. The molecule has 1 heterocycles. The highest BCUT2D eigenvalue weighted by Crippen LogP contribution is 2.21. The molecule has 3 rings (SSSR count). The van der Waals surface area contributed by atoms with E-state index in [9.17, 15) is 9.59 Å². The van der Waals surface area contributed by atoms with Gasteiger partial charge in [0.05, 0.1) is 5.69 Å². The number of nitrogens with one attached hydrogen (secondary N) is 1. The minimum Gasteiger partial charge on any atom is -0.378 e. The predicted molar refractivity (Wildman–Crippen MR) is 122 cm³/mol. The van der Waals surface area contributed by atoms with E-state index in [1.807, 2.05) is 73.6 Å². The summed E-state index contributed by atoms with van der Waals surface area (Å²) in [5, 5.41) is 2.68. The van der Waals surface area contributed by atoms with Gasteiger partial charge in [-0.3, -0.25) is 19.8 Å². The van der Waals surface area contributed by atoms with E-state index in [2.05, 4.69) is 12.2 Å². The fourth-order valence-electron chi connectivity index (χ4n) is 2.93. The van der Waals surface area contributed by atoms with E-state index >= 15 is 0 Å². The fraction of sp³-hybridized carbons (Fsp3) is 0.174. The molecule has 1 aliphatic rings. The summed E-state index contributed by atoms with van der Waals surface area (Å²) in [5.41, 5.74) is 3.90. The zero-order valence-electron chi connectivity index (χ0n) is 16.7. The minimum absolute atomic E-state index is 0.0410. The van der Waals surface area contributed by atoms with Crippen molar-refractivity contribution >= 4 is 46.6 Å². The molecule has 29 heavy (non-hydrogen) atoms. The normalized spacial score (nSPS) is 15.9. The first-order valence-electron chi connectivity index (χ1n) is 9.35. The lowest BCUT2D eigenvalue weighted by molar-refractivity contribution is -0.122. The van der Waals surface area contributed by atoms with Crippen LogP contribution in [0, 0.1) is 0 Å². The Bertz CT molecular complexity index is 990. The number of carbonyl (C=O) groups excluding carboxylic acids is 2. The number of carbonyl (C=O) groups is 2. The van der Waals surface area contributed by atoms with Crippen molar-refractivity contribution < 1.29 is 9.59 Å². The maximum Gasteiger partial charge on any atom is 0.270 e. The van der Waals surface area contributed by atoms with E-state index < -0.39 is 11.8 Å². The number of anilines is 2. The third kappa shape index (κ3) is 4.60. The van der Waals surface area contributed by atoms with Crippen molar-refractivity contribution in [3.63, 3.8) is 0 Å². The van der Waals surface area contributed by atoms with E-state index in [4.69, 9.17) is 12.2 Å². The average Bonchev–Trinajstić information content (AvgIpc) is 2.71. The van der Waals surface area contributed by atoms with Gasteiger partial charge in [-0.15, -0.1) is 0 Å². The first-order valence-corrected chi connectivity index (χ1v) is 9.76. The predicted octanol–water partition coefficient (Wildman–Crippen LogP) is 3.70. The lowest BCUT2D eigenvalue weighted by Gasteiger charge is -2.28. The second kappa shape index (κ2) is 8.84. The molecule has 5 nitrogen and oxygen atoms in total. The minimum atomic E-state index is -0.492. The van der Waals surface area contributed by atoms with Crippen LogP contribution in [0.1, 0.15) is 18.1 Å². The highest BCUT2D eigenvalue weighted by molar-refractivity contribution is 7.80. The van der Waals surface area contributed by atoms with Crippen molar-refractivity contribution in [3.8, 4) is 0 Å². The second-order valence-corrected chi connectivity index (χ2v) is 7.23. The van der Waals surface area contributed by atoms with Gasteiger partial charge in [-0.2, -0.15) is 0 Å². The van der Waals surface area contributed by atoms with Crippen LogP contribution in [0.4, 0.5) is 11.4 Å². The van der Waals surface area contributed by atoms with Crippen LogP contribution in [-0.4, -0.2) is 31.0 Å². The molecule has 1 aliphatic heterocycles. The Hall–Kier alpha value is -3.25. The van der Waals surface area contributed by atoms with Crippen molar-refractivity contribution in [2.24, 2.45) is 0 Å². The molecule has 0 radical (unpaired) electrons. The van der Waals surface area contributed by atoms with Crippen molar-refractivity contribution in [3.05, 3.63) is 77.4 Å². The summed E-state index contributed by atoms with van der Waals surface area (Å²) in [6, 6.07) is 15.5. The van der Waals surface area contributed by atoms with E-state index in [-0.39, 0.29) is 10.7 Å². The van der Waals surface area contributed by atoms with E-state index in [0.717, 1.165) is 23.2 Å². The van der Waals surface area contributed by atoms with Crippen molar-refractivity contribution in [1.82, 2.24) is 5.32 Å². The van der Waals surface area contributed by atoms with Crippen LogP contribution in [0.3, 0.4) is 0 Å². The second-order valence-electron chi connectivity index (χ2n) is 6.85. The Morgan fingerprint density at radius 1 is 1.03 bits per heavy atom. The molecule has 2 amide bonds. The molecule has 0 atom stereocenters. The van der Waals surface area contributed by atoms with Gasteiger partial charge in [0.1, 0.15) is 5.57 Å². The highest BCUT2D eigenvalue weighted by Gasteiger charge is 2.33. The molecule has 1 saturated heterocycles. The van der Waals surface area contributed by atoms with E-state index in [1.54, 1.807) is 6.08 Å². The third-order valence-electron chi connectivity index (χ3n) is 4.67. The molecule has 0 unspecified atom stereocenters. The zero-order valence-corrected chi connectivity index (χ0v) is 17.5. The largest absolute Gasteiger partial charge is 0.378 e. The summed E-state index contributed by atoms with van der Waals surface area (Å²) in [6.07, 6.45) is 5.97. The summed E-state index contributed by atoms with van der Waals surface area (Å²) in [7, 11) is 3.96. The third-order valence-corrected chi connectivity index (χ3v) is 4.95. The number of aryl methyl sites for hydroxylation is 1. The van der Waals surface area contributed by atoms with Gasteiger partial charge < -0.3 is 4.90 Å². The SMILES string of the molecule is CCc1ccc(N2C(=O)C(=CC=Cc3ccc(N(C)C)cc3)C(=O)NC2=S)cc1. The van der Waals surface area contributed by atoms with Crippen molar-refractivity contribution in [2.75, 3.05) is 23.9 Å². The summed E-state index contributed by atoms with van der Waals surface area (Å²) in [6.45, 7) is 2.06. The maximum absolute atomic E-state index is 12.9. The number of benzene rings is 2. The number of allylic oxidation sites excluding steroid dienone is 2. The Morgan fingerprint density at radius 3 is 2.28 bits per heavy atom. The van der Waals surface area contributed by atoms with Crippen LogP contribution in [-0.2, 0) is 16.0 Å². The van der Waals surface area contributed by atoms with Crippen LogP contribution in [0.5, 0.6) is 0 Å². The van der Waals surface area contributed by atoms with Crippen LogP contribution in [0.25, 0.3) is 6.08 Å². The zero-order chi connectivity index (χ0) is 21.0. The standard InChI is InChI=1S/C23H23N3O2S/c1-4-16-8-14-19(15-9-16)26-22(28)20(21(27)24-23(26)29)7-5-6-17-10-12-18(13-11-17)25(2)3/h5-15H,4H2,1-3H3,(H,24,27,29). The summed E-state index contributed by atoms with van der Waals surface area (Å²) in [5.74, 6) is -0.926. The molecule has 0 saturated carbocycles. The smallest absolute Gasteiger partial charge is 0.270 e. The van der Waals surface area contributed by atoms with E-state index in [1.165, 1.54) is 11.0 Å². The first-order chi connectivity index (χ1) is 13.9. The summed E-state index contributed by atoms with van der Waals surface area (Å²) < 4.78 is 0. The molecule has 2 aromatic carbocycles. The lowest BCUT2D eigenvalue weighted by Crippen LogP contribution is -2.54. The Labute approximate surface area is 176 Å². The summed E-state index contributed by atoms with van der Waals surface area (Å²) >= 11 is 5.22. The van der Waals surface area contributed by atoms with Gasteiger partial charge in [0, 0.05) is 19.8 Å². The van der Waals surface area contributed by atoms with Gasteiger partial charge in [-0.1, -0.05) is 43.3 Å². The van der Waals surface area contributed by atoms with Crippen molar-refractivity contribution in [1.29, 1.82) is 0 Å². The highest BCUT2D eigenvalue weighted by atomic mass is 32.1. The number of hydrogen-bond donors (Lipinski definition) is 1. The van der Waals surface area contributed by atoms with Gasteiger partial charge in [0.2, 0.25) is 0 Å². The van der Waals surface area contributed by atoms with Crippen LogP contribution in [0.15, 0.2) is 66.3 Å². The van der Waals surface area contributed by atoms with Crippen LogP contribution in [0.2, 0.25) is 0 Å². The first kappa shape index (κ1) is 20.5. The molecule has 0 aromatic heterocycles. The van der Waals surface area contributed by atoms with Crippen molar-refractivity contribution in [2.45, 2.75) is 13.3 Å². The quantitative estimate of drug-likeness (QED) is 0.468. The van der Waals surface area contributed by atoms with Gasteiger partial charge in [-0.05, 0) is 60.1 Å². The molecular weight excluding hydrogens is 382 g/mol. The lowest BCUT2D eigenvalue weighted by atomic mass is 10.1. The average molecular weight is 406 g/mol. The number of hydrogen-bond acceptors (Lipinski definition) is 4.